The Kier molecular flexibility index (Phi) is 2.16. The third-order valence-corrected chi connectivity index (χ3v) is 3.27. The Morgan fingerprint density at radius 1 is 1.27 bits per heavy atom. The highest BCUT2D eigenvalue weighted by atomic mass is 16.5. The quantitative estimate of drug-likeness (QED) is 0.806. The lowest BCUT2D eigenvalue weighted by Gasteiger charge is -2.20. The van der Waals surface area contributed by atoms with Crippen LogP contribution < -0.4 is 0 Å². The van der Waals surface area contributed by atoms with Crippen LogP contribution in [0.3, 0.4) is 0 Å². The molecule has 1 N–H and O–H groups in total. The zero-order valence-corrected chi connectivity index (χ0v) is 8.72. The molecule has 1 aliphatic heterocycles. The minimum Gasteiger partial charge on any atom is -0.504 e. The van der Waals surface area contributed by atoms with Gasteiger partial charge in [-0.05, 0) is 25.7 Å². The van der Waals surface area contributed by atoms with Crippen molar-refractivity contribution >= 4 is 0 Å². The zero-order chi connectivity index (χ0) is 10.3. The van der Waals surface area contributed by atoms with Gasteiger partial charge < -0.3 is 9.84 Å². The number of hydrogen-bond acceptors (Lipinski definition) is 3. The summed E-state index contributed by atoms with van der Waals surface area (Å²) >= 11 is 0. The van der Waals surface area contributed by atoms with Gasteiger partial charge in [-0.25, -0.2) is 0 Å². The lowest BCUT2D eigenvalue weighted by Crippen LogP contribution is -2.14. The van der Waals surface area contributed by atoms with Gasteiger partial charge in [0.25, 0.3) is 0 Å². The summed E-state index contributed by atoms with van der Waals surface area (Å²) in [4.78, 5) is 0. The molecule has 0 spiro atoms. The molecule has 0 bridgehead atoms. The molecular formula is C11H16N2O2. The van der Waals surface area contributed by atoms with Crippen molar-refractivity contribution in [2.24, 2.45) is 0 Å². The number of ether oxygens (including phenoxy) is 1. The molecule has 0 radical (unpaired) electrons. The van der Waals surface area contributed by atoms with E-state index in [9.17, 15) is 5.11 Å². The van der Waals surface area contributed by atoms with Gasteiger partial charge in [0.15, 0.2) is 5.75 Å². The van der Waals surface area contributed by atoms with Gasteiger partial charge in [-0.15, -0.1) is 0 Å². The molecule has 4 nitrogen and oxygen atoms in total. The van der Waals surface area contributed by atoms with Crippen LogP contribution in [-0.4, -0.2) is 28.1 Å². The Morgan fingerprint density at radius 2 is 2.00 bits per heavy atom. The van der Waals surface area contributed by atoms with Crippen molar-refractivity contribution in [3.63, 3.8) is 0 Å². The molecule has 2 fully saturated rings. The van der Waals surface area contributed by atoms with Gasteiger partial charge in [-0.1, -0.05) is 0 Å². The lowest BCUT2D eigenvalue weighted by atomic mass is 9.96. The molecule has 1 saturated heterocycles. The van der Waals surface area contributed by atoms with Crippen molar-refractivity contribution in [1.82, 2.24) is 9.78 Å². The molecule has 0 aromatic carbocycles. The van der Waals surface area contributed by atoms with Crippen molar-refractivity contribution in [2.45, 2.75) is 37.6 Å². The van der Waals surface area contributed by atoms with Crippen LogP contribution in [-0.2, 0) is 4.74 Å². The first-order valence-corrected chi connectivity index (χ1v) is 5.70. The molecule has 1 aromatic heterocycles. The molecule has 1 aromatic rings. The van der Waals surface area contributed by atoms with Crippen LogP contribution in [0, 0.1) is 0 Å². The van der Waals surface area contributed by atoms with Gasteiger partial charge in [-0.2, -0.15) is 5.10 Å². The molecule has 1 saturated carbocycles. The van der Waals surface area contributed by atoms with Crippen molar-refractivity contribution in [3.05, 3.63) is 11.9 Å². The largest absolute Gasteiger partial charge is 0.504 e. The predicted octanol–water partition coefficient (Wildman–Crippen LogP) is 1.82. The average molecular weight is 208 g/mol. The van der Waals surface area contributed by atoms with E-state index in [-0.39, 0.29) is 0 Å². The fourth-order valence-electron chi connectivity index (χ4n) is 2.18. The Labute approximate surface area is 88.9 Å². The van der Waals surface area contributed by atoms with Crippen LogP contribution in [0.15, 0.2) is 6.20 Å². The first kappa shape index (κ1) is 9.21. The molecule has 0 unspecified atom stereocenters. The summed E-state index contributed by atoms with van der Waals surface area (Å²) in [5.41, 5.74) is 0.880. The summed E-state index contributed by atoms with van der Waals surface area (Å²) < 4.78 is 7.24. The molecule has 0 amide bonds. The maximum Gasteiger partial charge on any atom is 0.157 e. The minimum atomic E-state index is 0.369. The van der Waals surface area contributed by atoms with Crippen molar-refractivity contribution in [3.8, 4) is 5.75 Å². The maximum atomic E-state index is 9.84. The Morgan fingerprint density at radius 3 is 2.67 bits per heavy atom. The number of aromatic hydroxyl groups is 1. The normalized spacial score (nSPS) is 23.2. The maximum absolute atomic E-state index is 9.84. The summed E-state index contributed by atoms with van der Waals surface area (Å²) in [6, 6.07) is 0.546. The molecule has 82 valence electrons. The molecule has 3 rings (SSSR count). The van der Waals surface area contributed by atoms with Crippen molar-refractivity contribution in [2.75, 3.05) is 13.2 Å². The SMILES string of the molecule is Oc1cn(C2CC2)nc1C1CCOCC1. The number of rotatable bonds is 2. The molecule has 2 aliphatic rings. The van der Waals surface area contributed by atoms with E-state index in [0.29, 0.717) is 17.7 Å². The van der Waals surface area contributed by atoms with Crippen LogP contribution in [0.25, 0.3) is 0 Å². The van der Waals surface area contributed by atoms with E-state index in [1.54, 1.807) is 6.20 Å². The Bertz CT molecular complexity index is 351. The zero-order valence-electron chi connectivity index (χ0n) is 8.72. The van der Waals surface area contributed by atoms with E-state index in [2.05, 4.69) is 5.10 Å². The lowest BCUT2D eigenvalue weighted by molar-refractivity contribution is 0.0839. The van der Waals surface area contributed by atoms with E-state index in [0.717, 1.165) is 31.7 Å². The molecule has 15 heavy (non-hydrogen) atoms. The first-order valence-electron chi connectivity index (χ1n) is 5.70. The van der Waals surface area contributed by atoms with Crippen LogP contribution in [0.1, 0.15) is 43.3 Å². The first-order chi connectivity index (χ1) is 7.34. The highest BCUT2D eigenvalue weighted by Crippen LogP contribution is 2.38. The van der Waals surface area contributed by atoms with Crippen LogP contribution in [0.5, 0.6) is 5.75 Å². The molecule has 4 heteroatoms. The third-order valence-electron chi connectivity index (χ3n) is 3.27. The van der Waals surface area contributed by atoms with Gasteiger partial charge in [0.2, 0.25) is 0 Å². The fraction of sp³-hybridized carbons (Fsp3) is 0.727. The summed E-state index contributed by atoms with van der Waals surface area (Å²) in [6.07, 6.45) is 6.15. The third kappa shape index (κ3) is 1.74. The smallest absolute Gasteiger partial charge is 0.157 e. The topological polar surface area (TPSA) is 47.3 Å². The van der Waals surface area contributed by atoms with Crippen molar-refractivity contribution < 1.29 is 9.84 Å². The van der Waals surface area contributed by atoms with Gasteiger partial charge in [0, 0.05) is 19.1 Å². The summed E-state index contributed by atoms with van der Waals surface area (Å²) in [5, 5.41) is 14.3. The summed E-state index contributed by atoms with van der Waals surface area (Å²) in [6.45, 7) is 1.58. The number of nitrogens with zero attached hydrogens (tertiary/aromatic N) is 2. The van der Waals surface area contributed by atoms with Crippen LogP contribution >= 0.6 is 0 Å². The monoisotopic (exact) mass is 208 g/mol. The van der Waals surface area contributed by atoms with Gasteiger partial charge in [0.05, 0.1) is 12.2 Å². The Hall–Kier alpha value is -1.03. The standard InChI is InChI=1S/C11H16N2O2/c14-10-7-13(9-1-2-9)12-11(10)8-3-5-15-6-4-8/h7-9,14H,1-6H2. The number of hydrogen-bond donors (Lipinski definition) is 1. The summed E-state index contributed by atoms with van der Waals surface area (Å²) in [5.74, 6) is 0.757. The molecule has 1 aliphatic carbocycles. The van der Waals surface area contributed by atoms with E-state index in [4.69, 9.17) is 4.74 Å². The van der Waals surface area contributed by atoms with Gasteiger partial charge in [0.1, 0.15) is 5.69 Å². The van der Waals surface area contributed by atoms with Gasteiger partial charge >= 0.3 is 0 Å². The highest BCUT2D eigenvalue weighted by molar-refractivity contribution is 5.27. The second-order valence-corrected chi connectivity index (χ2v) is 4.50. The molecule has 2 heterocycles. The van der Waals surface area contributed by atoms with Crippen molar-refractivity contribution in [1.29, 1.82) is 0 Å². The number of aromatic nitrogens is 2. The Balaban J connectivity index is 1.82. The van der Waals surface area contributed by atoms with Gasteiger partial charge in [-0.3, -0.25) is 4.68 Å². The highest BCUT2D eigenvalue weighted by Gasteiger charge is 2.28. The second-order valence-electron chi connectivity index (χ2n) is 4.50. The molecular weight excluding hydrogens is 192 g/mol. The van der Waals surface area contributed by atoms with E-state index >= 15 is 0 Å². The molecule has 0 atom stereocenters. The fourth-order valence-corrected chi connectivity index (χ4v) is 2.18. The van der Waals surface area contributed by atoms with Crippen LogP contribution in [0.4, 0.5) is 0 Å². The average Bonchev–Trinajstić information content (AvgIpc) is 3.04. The van der Waals surface area contributed by atoms with E-state index in [1.165, 1.54) is 12.8 Å². The second kappa shape index (κ2) is 3.52. The summed E-state index contributed by atoms with van der Waals surface area (Å²) in [7, 11) is 0. The predicted molar refractivity (Wildman–Crippen MR) is 55.0 cm³/mol. The van der Waals surface area contributed by atoms with Crippen LogP contribution in [0.2, 0.25) is 0 Å². The van der Waals surface area contributed by atoms with E-state index < -0.39 is 0 Å². The minimum absolute atomic E-state index is 0.369. The van der Waals surface area contributed by atoms with E-state index in [1.807, 2.05) is 4.68 Å².